The van der Waals surface area contributed by atoms with Gasteiger partial charge in [-0.05, 0) is 148 Å². The van der Waals surface area contributed by atoms with E-state index in [4.69, 9.17) is 28.4 Å². The molecule has 0 amide bonds. The molecule has 1 heterocycles. The van der Waals surface area contributed by atoms with Crippen molar-refractivity contribution < 1.29 is 28.4 Å². The third kappa shape index (κ3) is 9.18. The number of benzene rings is 5. The maximum atomic E-state index is 6.74. The molecule has 0 radical (unpaired) electrons. The summed E-state index contributed by atoms with van der Waals surface area (Å²) in [5, 5.41) is 6.76. The summed E-state index contributed by atoms with van der Waals surface area (Å²) < 4.78 is 39.7. The van der Waals surface area contributed by atoms with Crippen LogP contribution < -0.4 is 43.8 Å². The summed E-state index contributed by atoms with van der Waals surface area (Å²) in [4.78, 5) is 1.14. The molecule has 0 aromatic heterocycles. The van der Waals surface area contributed by atoms with Crippen LogP contribution in [0.1, 0.15) is 38.9 Å². The summed E-state index contributed by atoms with van der Waals surface area (Å²) in [6.45, 7) is 6.58. The van der Waals surface area contributed by atoms with E-state index in [0.717, 1.165) is 66.2 Å². The van der Waals surface area contributed by atoms with E-state index in [2.05, 4.69) is 83.8 Å². The van der Waals surface area contributed by atoms with E-state index in [1.165, 1.54) is 27.8 Å². The average Bonchev–Trinajstić information content (AvgIpc) is 3.20. The SMILES string of the molecule is CNCCc1cc(OC)c(Oc2c3c(cc(OC)c2OC)CCNC3)cc1CCc1ccc(Oc2cc(C)c(NSc3ccc(C)cc3)cc2OC)cc1. The van der Waals surface area contributed by atoms with Crippen molar-refractivity contribution in [3.63, 3.8) is 0 Å². The zero-order valence-electron chi connectivity index (χ0n) is 32.3. The second-order valence-electron chi connectivity index (χ2n) is 13.3. The first-order valence-electron chi connectivity index (χ1n) is 18.3. The number of fused-ring (bicyclic) bond motifs is 1. The van der Waals surface area contributed by atoms with Crippen molar-refractivity contribution in [2.24, 2.45) is 0 Å². The van der Waals surface area contributed by atoms with E-state index in [0.29, 0.717) is 46.8 Å². The molecule has 0 aliphatic carbocycles. The Balaban J connectivity index is 1.19. The molecule has 10 heteroatoms. The third-order valence-electron chi connectivity index (χ3n) is 9.68. The van der Waals surface area contributed by atoms with Gasteiger partial charge in [-0.2, -0.15) is 0 Å². The number of ether oxygens (including phenoxy) is 6. The maximum Gasteiger partial charge on any atom is 0.204 e. The molecule has 6 rings (SSSR count). The van der Waals surface area contributed by atoms with Gasteiger partial charge >= 0.3 is 0 Å². The Labute approximate surface area is 323 Å². The minimum atomic E-state index is 0.572. The molecule has 54 heavy (non-hydrogen) atoms. The van der Waals surface area contributed by atoms with Crippen LogP contribution in [-0.4, -0.2) is 48.6 Å². The van der Waals surface area contributed by atoms with E-state index in [9.17, 15) is 0 Å². The van der Waals surface area contributed by atoms with Gasteiger partial charge in [-0.25, -0.2) is 0 Å². The van der Waals surface area contributed by atoms with E-state index >= 15 is 0 Å². The molecule has 1 aliphatic heterocycles. The van der Waals surface area contributed by atoms with Gasteiger partial charge in [-0.1, -0.05) is 29.8 Å². The normalized spacial score (nSPS) is 12.1. The van der Waals surface area contributed by atoms with Gasteiger partial charge in [0, 0.05) is 23.1 Å². The first kappa shape index (κ1) is 38.7. The van der Waals surface area contributed by atoms with Crippen LogP contribution in [0.15, 0.2) is 83.8 Å². The Hall–Kier alpha value is -5.03. The van der Waals surface area contributed by atoms with Crippen LogP contribution in [0, 0.1) is 13.8 Å². The topological polar surface area (TPSA) is 91.5 Å². The summed E-state index contributed by atoms with van der Waals surface area (Å²) >= 11 is 1.57. The minimum absolute atomic E-state index is 0.572. The molecule has 0 saturated heterocycles. The van der Waals surface area contributed by atoms with Crippen LogP contribution in [0.5, 0.6) is 46.0 Å². The predicted molar refractivity (Wildman–Crippen MR) is 218 cm³/mol. The molecule has 0 atom stereocenters. The van der Waals surface area contributed by atoms with Gasteiger partial charge in [-0.3, -0.25) is 0 Å². The number of hydrogen-bond acceptors (Lipinski definition) is 10. The fourth-order valence-corrected chi connectivity index (χ4v) is 7.31. The molecule has 3 N–H and O–H groups in total. The van der Waals surface area contributed by atoms with Gasteiger partial charge in [-0.15, -0.1) is 0 Å². The second-order valence-corrected chi connectivity index (χ2v) is 14.2. The zero-order valence-corrected chi connectivity index (χ0v) is 33.1. The number of hydrogen-bond donors (Lipinski definition) is 3. The van der Waals surface area contributed by atoms with Crippen molar-refractivity contribution in [1.29, 1.82) is 0 Å². The monoisotopic (exact) mass is 749 g/mol. The van der Waals surface area contributed by atoms with E-state index in [1.54, 1.807) is 40.4 Å². The van der Waals surface area contributed by atoms with Gasteiger partial charge in [0.05, 0.1) is 34.1 Å². The molecular weight excluding hydrogens is 699 g/mol. The van der Waals surface area contributed by atoms with Crippen molar-refractivity contribution in [2.75, 3.05) is 53.3 Å². The average molecular weight is 750 g/mol. The van der Waals surface area contributed by atoms with Crippen molar-refractivity contribution in [1.82, 2.24) is 10.6 Å². The van der Waals surface area contributed by atoms with Crippen LogP contribution in [0.25, 0.3) is 0 Å². The third-order valence-corrected chi connectivity index (χ3v) is 10.5. The van der Waals surface area contributed by atoms with E-state index < -0.39 is 0 Å². The van der Waals surface area contributed by atoms with Gasteiger partial charge in [0.2, 0.25) is 5.75 Å². The highest BCUT2D eigenvalue weighted by Crippen LogP contribution is 2.47. The van der Waals surface area contributed by atoms with Crippen LogP contribution in [0.3, 0.4) is 0 Å². The first-order valence-corrected chi connectivity index (χ1v) is 19.1. The van der Waals surface area contributed by atoms with E-state index in [-0.39, 0.29) is 0 Å². The molecule has 284 valence electrons. The second kappa shape index (κ2) is 18.3. The number of methoxy groups -OCH3 is 4. The Morgan fingerprint density at radius 1 is 0.667 bits per heavy atom. The molecule has 9 nitrogen and oxygen atoms in total. The van der Waals surface area contributed by atoms with Crippen LogP contribution >= 0.6 is 11.9 Å². The molecular formula is C44H51N3O6S. The first-order chi connectivity index (χ1) is 26.3. The van der Waals surface area contributed by atoms with Crippen molar-refractivity contribution >= 4 is 17.6 Å². The van der Waals surface area contributed by atoms with Gasteiger partial charge in [0.15, 0.2) is 34.5 Å². The number of aryl methyl sites for hydroxylation is 4. The van der Waals surface area contributed by atoms with Crippen LogP contribution in [-0.2, 0) is 32.2 Å². The molecule has 5 aromatic rings. The van der Waals surface area contributed by atoms with Crippen molar-refractivity contribution in [2.45, 2.75) is 51.0 Å². The fourth-order valence-electron chi connectivity index (χ4n) is 6.59. The predicted octanol–water partition coefficient (Wildman–Crippen LogP) is 9.23. The lowest BCUT2D eigenvalue weighted by atomic mass is 9.96. The molecule has 0 saturated carbocycles. The lowest BCUT2D eigenvalue weighted by Crippen LogP contribution is -2.24. The number of nitrogens with one attached hydrogen (secondary N) is 3. The number of likely N-dealkylation sites (N-methyl/N-ethyl adjacent to an activating group) is 1. The summed E-state index contributed by atoms with van der Waals surface area (Å²) in [7, 11) is 8.62. The Morgan fingerprint density at radius 2 is 1.35 bits per heavy atom. The molecule has 0 fully saturated rings. The molecule has 0 spiro atoms. The quantitative estimate of drug-likeness (QED) is 0.0800. The highest BCUT2D eigenvalue weighted by Gasteiger charge is 2.25. The lowest BCUT2D eigenvalue weighted by Gasteiger charge is -2.25. The fraction of sp³-hybridized carbons (Fsp3) is 0.318. The highest BCUT2D eigenvalue weighted by atomic mass is 32.2. The zero-order chi connectivity index (χ0) is 38.0. The van der Waals surface area contributed by atoms with Crippen LogP contribution in [0.4, 0.5) is 5.69 Å². The van der Waals surface area contributed by atoms with Gasteiger partial charge < -0.3 is 43.8 Å². The van der Waals surface area contributed by atoms with Crippen molar-refractivity contribution in [3.8, 4) is 46.0 Å². The summed E-state index contributed by atoms with van der Waals surface area (Å²) in [6.07, 6.45) is 3.39. The lowest BCUT2D eigenvalue weighted by molar-refractivity contribution is 0.325. The summed E-state index contributed by atoms with van der Waals surface area (Å²) in [6, 6.07) is 27.0. The highest BCUT2D eigenvalue weighted by molar-refractivity contribution is 8.00. The Morgan fingerprint density at radius 3 is 2.06 bits per heavy atom. The molecule has 5 aromatic carbocycles. The van der Waals surface area contributed by atoms with E-state index in [1.807, 2.05) is 31.3 Å². The van der Waals surface area contributed by atoms with Crippen molar-refractivity contribution in [3.05, 3.63) is 118 Å². The largest absolute Gasteiger partial charge is 0.493 e. The smallest absolute Gasteiger partial charge is 0.204 e. The summed E-state index contributed by atoms with van der Waals surface area (Å²) in [5.41, 5.74) is 9.14. The summed E-state index contributed by atoms with van der Waals surface area (Å²) in [5.74, 6) is 5.26. The number of anilines is 1. The van der Waals surface area contributed by atoms with Crippen LogP contribution in [0.2, 0.25) is 0 Å². The Kier molecular flexibility index (Phi) is 13.1. The molecule has 0 bridgehead atoms. The number of rotatable bonds is 17. The molecule has 0 unspecified atom stereocenters. The Bertz CT molecular complexity index is 2020. The van der Waals surface area contributed by atoms with Gasteiger partial charge in [0.1, 0.15) is 5.75 Å². The van der Waals surface area contributed by atoms with Gasteiger partial charge in [0.25, 0.3) is 0 Å². The maximum absolute atomic E-state index is 6.74. The molecule has 1 aliphatic rings. The standard InChI is InChI=1S/C44H51N3O6S/c1-28-8-16-35(17-9-28)54-47-37-26-39(49-5)40(22-29(37)2)52-34-14-11-30(12-15-34)10-13-31-24-41(38(48-4)23-32(31)18-20-45-3)53-43-36-27-46-21-19-33(36)25-42(50-6)44(43)51-7/h8-9,11-12,14-17,22-26,45-47H,10,13,18-21,27H2,1-7H3. The minimum Gasteiger partial charge on any atom is -0.493 e.